The molecule has 1 aromatic heterocycles. The van der Waals surface area contributed by atoms with E-state index in [-0.39, 0.29) is 5.56 Å². The normalized spacial score (nSPS) is 10.5. The molecule has 98 valence electrons. The van der Waals surface area contributed by atoms with E-state index >= 15 is 0 Å². The number of aromatic nitrogens is 2. The lowest BCUT2D eigenvalue weighted by Gasteiger charge is -2.11. The van der Waals surface area contributed by atoms with E-state index in [9.17, 15) is 4.79 Å². The summed E-state index contributed by atoms with van der Waals surface area (Å²) in [5.41, 5.74) is 0.806. The van der Waals surface area contributed by atoms with Crippen LogP contribution in [0, 0.1) is 17.6 Å². The molecule has 1 heterocycles. The maximum absolute atomic E-state index is 12.4. The van der Waals surface area contributed by atoms with Crippen LogP contribution in [0.5, 0.6) is 0 Å². The van der Waals surface area contributed by atoms with Gasteiger partial charge < -0.3 is 0 Å². The molecule has 2 rings (SSSR count). The number of hydrogen-bond acceptors (Lipinski definition) is 3. The third-order valence-electron chi connectivity index (χ3n) is 2.80. The fourth-order valence-electron chi connectivity index (χ4n) is 1.79. The maximum Gasteiger partial charge on any atom is 0.286 e. The van der Waals surface area contributed by atoms with Crippen molar-refractivity contribution >= 4 is 35.0 Å². The fourth-order valence-corrected chi connectivity index (χ4v) is 2.89. The number of thiocyanates is 1. The van der Waals surface area contributed by atoms with Crippen molar-refractivity contribution in [3.63, 3.8) is 0 Å². The minimum absolute atomic E-state index is 0.304. The van der Waals surface area contributed by atoms with Crippen molar-refractivity contribution in [2.24, 2.45) is 7.05 Å². The van der Waals surface area contributed by atoms with E-state index in [2.05, 4.69) is 0 Å². The molecule has 0 aliphatic rings. The molecule has 0 bridgehead atoms. The first-order chi connectivity index (χ1) is 8.99. The molecule has 4 nitrogen and oxygen atoms in total. The Morgan fingerprint density at radius 3 is 2.42 bits per heavy atom. The van der Waals surface area contributed by atoms with Crippen LogP contribution in [0.25, 0.3) is 5.69 Å². The number of thioether (sulfide) groups is 1. The molecule has 0 aliphatic carbocycles. The zero-order chi connectivity index (χ0) is 14.2. The van der Waals surface area contributed by atoms with Gasteiger partial charge in [-0.15, -0.1) is 0 Å². The molecule has 0 amide bonds. The second-order valence-corrected chi connectivity index (χ2v) is 5.43. The van der Waals surface area contributed by atoms with Gasteiger partial charge in [0.05, 0.1) is 15.7 Å². The largest absolute Gasteiger partial charge is 0.286 e. The molecular formula is C12H9Cl2N3OS. The zero-order valence-electron chi connectivity index (χ0n) is 10.1. The lowest BCUT2D eigenvalue weighted by molar-refractivity contribution is 0.630. The van der Waals surface area contributed by atoms with Gasteiger partial charge in [-0.1, -0.05) is 29.3 Å². The Balaban J connectivity index is 2.82. The molecule has 2 aromatic rings. The number of halogens is 2. The lowest BCUT2D eigenvalue weighted by atomic mass is 10.3. The Kier molecular flexibility index (Phi) is 3.95. The fraction of sp³-hybridized carbons (Fsp3) is 0.167. The van der Waals surface area contributed by atoms with Crippen LogP contribution < -0.4 is 5.56 Å². The standard InChI is InChI=1S/C12H9Cl2N3OS/c1-7-11(19-6-15)12(18)17(16(7)2)10-8(13)4-3-5-9(10)14/h3-5H,1-2H3. The predicted molar refractivity (Wildman–Crippen MR) is 77.2 cm³/mol. The molecule has 1 aromatic carbocycles. The third-order valence-corrected chi connectivity index (χ3v) is 4.17. The quantitative estimate of drug-likeness (QED) is 0.631. The van der Waals surface area contributed by atoms with Gasteiger partial charge in [0.1, 0.15) is 16.0 Å². The van der Waals surface area contributed by atoms with Gasteiger partial charge in [0.15, 0.2) is 0 Å². The number of nitrogens with zero attached hydrogens (tertiary/aromatic N) is 3. The van der Waals surface area contributed by atoms with Crippen molar-refractivity contribution in [3.05, 3.63) is 44.3 Å². The highest BCUT2D eigenvalue weighted by Crippen LogP contribution is 2.29. The van der Waals surface area contributed by atoms with E-state index in [1.54, 1.807) is 36.9 Å². The summed E-state index contributed by atoms with van der Waals surface area (Å²) in [5, 5.41) is 11.4. The molecular weight excluding hydrogens is 305 g/mol. The van der Waals surface area contributed by atoms with Crippen molar-refractivity contribution < 1.29 is 0 Å². The molecule has 0 spiro atoms. The number of benzene rings is 1. The summed E-state index contributed by atoms with van der Waals surface area (Å²) in [5.74, 6) is 0. The molecule has 0 N–H and O–H groups in total. The van der Waals surface area contributed by atoms with E-state index in [4.69, 9.17) is 28.5 Å². The summed E-state index contributed by atoms with van der Waals surface area (Å²) in [6.07, 6.45) is 0. The maximum atomic E-state index is 12.4. The highest BCUT2D eigenvalue weighted by atomic mass is 35.5. The van der Waals surface area contributed by atoms with Crippen LogP contribution in [0.1, 0.15) is 5.69 Å². The summed E-state index contributed by atoms with van der Waals surface area (Å²) in [4.78, 5) is 12.7. The monoisotopic (exact) mass is 313 g/mol. The van der Waals surface area contributed by atoms with Gasteiger partial charge in [-0.25, -0.2) is 4.68 Å². The minimum Gasteiger partial charge on any atom is -0.284 e. The Labute approximate surface area is 124 Å². The van der Waals surface area contributed by atoms with Crippen LogP contribution in [-0.4, -0.2) is 9.36 Å². The Hall–Kier alpha value is -1.35. The highest BCUT2D eigenvalue weighted by Gasteiger charge is 2.19. The molecule has 0 unspecified atom stereocenters. The van der Waals surface area contributed by atoms with E-state index in [0.717, 1.165) is 11.8 Å². The summed E-state index contributed by atoms with van der Waals surface area (Å²) >= 11 is 13.1. The number of para-hydroxylation sites is 1. The second-order valence-electron chi connectivity index (χ2n) is 3.82. The molecule has 0 atom stereocenters. The van der Waals surface area contributed by atoms with Crippen molar-refractivity contribution in [1.82, 2.24) is 9.36 Å². The van der Waals surface area contributed by atoms with Crippen LogP contribution in [0.3, 0.4) is 0 Å². The molecule has 0 fully saturated rings. The first-order valence-corrected chi connectivity index (χ1v) is 6.85. The van der Waals surface area contributed by atoms with Gasteiger partial charge in [-0.05, 0) is 30.8 Å². The first kappa shape index (κ1) is 14.1. The van der Waals surface area contributed by atoms with Crippen LogP contribution in [0.15, 0.2) is 27.9 Å². The first-order valence-electron chi connectivity index (χ1n) is 5.28. The predicted octanol–water partition coefficient (Wildman–Crippen LogP) is 3.36. The number of rotatable bonds is 2. The third kappa shape index (κ3) is 2.27. The van der Waals surface area contributed by atoms with Crippen LogP contribution in [0.4, 0.5) is 0 Å². The highest BCUT2D eigenvalue weighted by molar-refractivity contribution is 8.03. The van der Waals surface area contributed by atoms with Gasteiger partial charge >= 0.3 is 0 Å². The molecule has 7 heteroatoms. The van der Waals surface area contributed by atoms with Crippen molar-refractivity contribution in [2.75, 3.05) is 0 Å². The summed E-state index contributed by atoms with van der Waals surface area (Å²) in [7, 11) is 1.72. The van der Waals surface area contributed by atoms with E-state index in [0.29, 0.717) is 26.3 Å². The number of hydrogen-bond donors (Lipinski definition) is 0. The van der Waals surface area contributed by atoms with Crippen LogP contribution in [-0.2, 0) is 7.05 Å². The zero-order valence-corrected chi connectivity index (χ0v) is 12.5. The van der Waals surface area contributed by atoms with Crippen LogP contribution >= 0.6 is 35.0 Å². The molecule has 0 saturated carbocycles. The van der Waals surface area contributed by atoms with E-state index in [1.807, 2.05) is 5.40 Å². The second kappa shape index (κ2) is 5.33. The molecule has 0 aliphatic heterocycles. The van der Waals surface area contributed by atoms with E-state index < -0.39 is 0 Å². The number of nitriles is 1. The average molecular weight is 314 g/mol. The van der Waals surface area contributed by atoms with E-state index in [1.165, 1.54) is 4.68 Å². The smallest absolute Gasteiger partial charge is 0.284 e. The lowest BCUT2D eigenvalue weighted by Crippen LogP contribution is -2.20. The Morgan fingerprint density at radius 2 is 1.89 bits per heavy atom. The van der Waals surface area contributed by atoms with Crippen molar-refractivity contribution in [2.45, 2.75) is 11.8 Å². The topological polar surface area (TPSA) is 50.7 Å². The Bertz CT molecular complexity index is 722. The summed E-state index contributed by atoms with van der Waals surface area (Å²) < 4.78 is 3.01. The average Bonchev–Trinajstić information content (AvgIpc) is 2.56. The van der Waals surface area contributed by atoms with Crippen molar-refractivity contribution in [1.29, 1.82) is 5.26 Å². The van der Waals surface area contributed by atoms with Crippen molar-refractivity contribution in [3.8, 4) is 11.1 Å². The summed E-state index contributed by atoms with van der Waals surface area (Å²) in [6.45, 7) is 1.77. The molecule has 0 radical (unpaired) electrons. The SMILES string of the molecule is Cc1c(SC#N)c(=O)n(-c2c(Cl)cccc2Cl)n1C. The Morgan fingerprint density at radius 1 is 1.32 bits per heavy atom. The molecule has 0 saturated heterocycles. The van der Waals surface area contributed by atoms with Gasteiger partial charge in [0.2, 0.25) is 0 Å². The van der Waals surface area contributed by atoms with Gasteiger partial charge in [0.25, 0.3) is 5.56 Å². The molecule has 19 heavy (non-hydrogen) atoms. The van der Waals surface area contributed by atoms with Gasteiger partial charge in [0, 0.05) is 7.05 Å². The minimum atomic E-state index is -0.304. The van der Waals surface area contributed by atoms with Gasteiger partial charge in [-0.2, -0.15) is 5.26 Å². The van der Waals surface area contributed by atoms with Crippen LogP contribution in [0.2, 0.25) is 10.0 Å². The summed E-state index contributed by atoms with van der Waals surface area (Å²) in [6, 6.07) is 5.03. The van der Waals surface area contributed by atoms with Gasteiger partial charge in [-0.3, -0.25) is 9.48 Å².